The molecule has 0 aromatic carbocycles. The number of ether oxygens (including phenoxy) is 1. The van der Waals surface area contributed by atoms with Crippen LogP contribution in [0.25, 0.3) is 0 Å². The van der Waals surface area contributed by atoms with Crippen LogP contribution in [0.15, 0.2) is 0 Å². The second kappa shape index (κ2) is 3.32. The maximum atomic E-state index is 11.8. The molecule has 2 aliphatic rings. The highest BCUT2D eigenvalue weighted by Crippen LogP contribution is 2.56. The molecule has 15 heavy (non-hydrogen) atoms. The van der Waals surface area contributed by atoms with Crippen molar-refractivity contribution in [2.75, 3.05) is 0 Å². The van der Waals surface area contributed by atoms with Gasteiger partial charge in [0.1, 0.15) is 11.9 Å². The van der Waals surface area contributed by atoms with Crippen molar-refractivity contribution in [2.45, 2.75) is 46.1 Å². The van der Waals surface area contributed by atoms with Crippen LogP contribution in [0.5, 0.6) is 0 Å². The topological polar surface area (TPSA) is 43.4 Å². The predicted octanol–water partition coefficient (Wildman–Crippen LogP) is 1.94. The third-order valence-corrected chi connectivity index (χ3v) is 4.02. The van der Waals surface area contributed by atoms with Gasteiger partial charge in [-0.25, -0.2) is 0 Å². The second-order valence-electron chi connectivity index (χ2n) is 5.37. The smallest absolute Gasteiger partial charge is 0.302 e. The largest absolute Gasteiger partial charge is 0.462 e. The number of hydrogen-bond donors (Lipinski definition) is 0. The van der Waals surface area contributed by atoms with E-state index in [1.165, 1.54) is 6.92 Å². The summed E-state index contributed by atoms with van der Waals surface area (Å²) in [4.78, 5) is 22.7. The molecule has 0 amide bonds. The van der Waals surface area contributed by atoms with Gasteiger partial charge in [0, 0.05) is 24.7 Å². The summed E-state index contributed by atoms with van der Waals surface area (Å²) in [7, 11) is 0. The lowest BCUT2D eigenvalue weighted by atomic mass is 9.50. The minimum Gasteiger partial charge on any atom is -0.462 e. The van der Waals surface area contributed by atoms with E-state index in [1.807, 2.05) is 0 Å². The zero-order valence-corrected chi connectivity index (χ0v) is 9.58. The van der Waals surface area contributed by atoms with E-state index >= 15 is 0 Å². The molecular weight excluding hydrogens is 192 g/mol. The van der Waals surface area contributed by atoms with Crippen molar-refractivity contribution in [3.8, 4) is 0 Å². The predicted molar refractivity (Wildman–Crippen MR) is 55.2 cm³/mol. The summed E-state index contributed by atoms with van der Waals surface area (Å²) < 4.78 is 5.26. The summed E-state index contributed by atoms with van der Waals surface area (Å²) in [6.45, 7) is 5.62. The summed E-state index contributed by atoms with van der Waals surface area (Å²) in [5.41, 5.74) is -0.0829. The monoisotopic (exact) mass is 210 g/mol. The average Bonchev–Trinajstić information content (AvgIpc) is 2.08. The Balaban J connectivity index is 2.11. The zero-order valence-electron chi connectivity index (χ0n) is 9.58. The summed E-state index contributed by atoms with van der Waals surface area (Å²) in [5.74, 6) is 0.695. The van der Waals surface area contributed by atoms with Crippen LogP contribution in [0, 0.1) is 17.3 Å². The quantitative estimate of drug-likeness (QED) is 0.621. The summed E-state index contributed by atoms with van der Waals surface area (Å²) in [6, 6.07) is 0. The first-order valence-electron chi connectivity index (χ1n) is 5.63. The van der Waals surface area contributed by atoms with E-state index < -0.39 is 0 Å². The van der Waals surface area contributed by atoms with Crippen molar-refractivity contribution in [1.29, 1.82) is 0 Å². The highest BCUT2D eigenvalue weighted by Gasteiger charge is 2.59. The van der Waals surface area contributed by atoms with Crippen LogP contribution in [0.1, 0.15) is 40.0 Å². The zero-order chi connectivity index (χ0) is 11.2. The van der Waals surface area contributed by atoms with Gasteiger partial charge >= 0.3 is 5.97 Å². The Morgan fingerprint density at radius 1 is 1.53 bits per heavy atom. The molecule has 2 rings (SSSR count). The molecule has 2 saturated carbocycles. The molecular formula is C12H18O3. The molecule has 0 radical (unpaired) electrons. The Labute approximate surface area is 90.2 Å². The molecule has 3 nitrogen and oxygen atoms in total. The molecule has 4 unspecified atom stereocenters. The van der Waals surface area contributed by atoms with E-state index in [2.05, 4.69) is 13.8 Å². The molecule has 0 bridgehead atoms. The standard InChI is InChI=1S/C12H18O3/c1-7-4-10(14)9-5-11(15-8(2)13)12(9,3)6-7/h7,9,11H,4-6H2,1-3H3. The van der Waals surface area contributed by atoms with Crippen molar-refractivity contribution in [3.63, 3.8) is 0 Å². The fourth-order valence-corrected chi connectivity index (χ4v) is 3.28. The number of ketones is 1. The average molecular weight is 210 g/mol. The lowest BCUT2D eigenvalue weighted by Crippen LogP contribution is -2.59. The molecule has 0 aliphatic heterocycles. The first kappa shape index (κ1) is 10.7. The molecule has 2 aliphatic carbocycles. The van der Waals surface area contributed by atoms with Gasteiger partial charge in [0.15, 0.2) is 0 Å². The Morgan fingerprint density at radius 3 is 2.80 bits per heavy atom. The number of carbonyl (C=O) groups excluding carboxylic acids is 2. The lowest BCUT2D eigenvalue weighted by Gasteiger charge is -2.56. The molecule has 2 fully saturated rings. The van der Waals surface area contributed by atoms with Gasteiger partial charge in [-0.15, -0.1) is 0 Å². The minimum absolute atomic E-state index is 0.0355. The van der Waals surface area contributed by atoms with Crippen molar-refractivity contribution < 1.29 is 14.3 Å². The Bertz CT molecular complexity index is 310. The van der Waals surface area contributed by atoms with Crippen LogP contribution in [0.2, 0.25) is 0 Å². The third kappa shape index (κ3) is 1.58. The van der Waals surface area contributed by atoms with Crippen LogP contribution >= 0.6 is 0 Å². The van der Waals surface area contributed by atoms with Crippen LogP contribution in [0.4, 0.5) is 0 Å². The van der Waals surface area contributed by atoms with E-state index in [9.17, 15) is 9.59 Å². The van der Waals surface area contributed by atoms with Crippen LogP contribution in [0.3, 0.4) is 0 Å². The number of esters is 1. The fourth-order valence-electron chi connectivity index (χ4n) is 3.28. The number of rotatable bonds is 1. The van der Waals surface area contributed by atoms with Gasteiger partial charge in [0.25, 0.3) is 0 Å². The maximum absolute atomic E-state index is 11.8. The molecule has 0 saturated heterocycles. The number of hydrogen-bond acceptors (Lipinski definition) is 3. The Kier molecular flexibility index (Phi) is 2.36. The van der Waals surface area contributed by atoms with Crippen LogP contribution in [-0.2, 0) is 14.3 Å². The van der Waals surface area contributed by atoms with Gasteiger partial charge in [0.05, 0.1) is 0 Å². The molecule has 4 atom stereocenters. The van der Waals surface area contributed by atoms with Crippen LogP contribution in [-0.4, -0.2) is 17.9 Å². The normalized spacial score (nSPS) is 44.2. The third-order valence-electron chi connectivity index (χ3n) is 4.02. The summed E-state index contributed by atoms with van der Waals surface area (Å²) in [5, 5.41) is 0. The van der Waals surface area contributed by atoms with E-state index in [0.717, 1.165) is 12.8 Å². The first-order chi connectivity index (χ1) is 6.93. The maximum Gasteiger partial charge on any atom is 0.302 e. The highest BCUT2D eigenvalue weighted by atomic mass is 16.5. The lowest BCUT2D eigenvalue weighted by molar-refractivity contribution is -0.191. The summed E-state index contributed by atoms with van der Waals surface area (Å²) >= 11 is 0. The van der Waals surface area contributed by atoms with Gasteiger partial charge < -0.3 is 4.74 Å². The van der Waals surface area contributed by atoms with E-state index in [-0.39, 0.29) is 23.4 Å². The summed E-state index contributed by atoms with van der Waals surface area (Å²) in [6.07, 6.45) is 2.41. The number of carbonyl (C=O) groups is 2. The van der Waals surface area contributed by atoms with Gasteiger partial charge in [-0.05, 0) is 18.8 Å². The molecule has 0 aromatic heterocycles. The van der Waals surface area contributed by atoms with Crippen molar-refractivity contribution in [1.82, 2.24) is 0 Å². The molecule has 84 valence electrons. The van der Waals surface area contributed by atoms with Gasteiger partial charge in [-0.1, -0.05) is 13.8 Å². The van der Waals surface area contributed by atoms with Crippen LogP contribution < -0.4 is 0 Å². The SMILES string of the molecule is CC(=O)OC1CC2C(=O)CC(C)CC12C. The van der Waals surface area contributed by atoms with Gasteiger partial charge in [0.2, 0.25) is 0 Å². The molecule has 0 N–H and O–H groups in total. The Morgan fingerprint density at radius 2 is 2.20 bits per heavy atom. The van der Waals surface area contributed by atoms with Crippen molar-refractivity contribution in [2.24, 2.45) is 17.3 Å². The van der Waals surface area contributed by atoms with E-state index in [1.54, 1.807) is 0 Å². The van der Waals surface area contributed by atoms with Crippen molar-refractivity contribution in [3.05, 3.63) is 0 Å². The van der Waals surface area contributed by atoms with Gasteiger partial charge in [-0.3, -0.25) is 9.59 Å². The van der Waals surface area contributed by atoms with Gasteiger partial charge in [-0.2, -0.15) is 0 Å². The highest BCUT2D eigenvalue weighted by molar-refractivity contribution is 5.84. The second-order valence-corrected chi connectivity index (χ2v) is 5.37. The molecule has 0 heterocycles. The van der Waals surface area contributed by atoms with E-state index in [4.69, 9.17) is 4.74 Å². The Hall–Kier alpha value is -0.860. The molecule has 0 spiro atoms. The number of fused-ring (bicyclic) bond motifs is 1. The molecule has 3 heteroatoms. The molecule has 0 aromatic rings. The fraction of sp³-hybridized carbons (Fsp3) is 0.833. The number of Topliss-reactive ketones (excluding diaryl/α,β-unsaturated/α-hetero) is 1. The van der Waals surface area contributed by atoms with E-state index in [0.29, 0.717) is 18.1 Å². The minimum atomic E-state index is -0.231. The van der Waals surface area contributed by atoms with Crippen molar-refractivity contribution >= 4 is 11.8 Å². The first-order valence-corrected chi connectivity index (χ1v) is 5.63.